The number of hydrogen-bond donors (Lipinski definition) is 1. The number of hydrogen-bond acceptors (Lipinski definition) is 4. The molecular weight excluding hydrogens is 338 g/mol. The normalized spacial score (nSPS) is 19.0. The van der Waals surface area contributed by atoms with Gasteiger partial charge in [-0.3, -0.25) is 4.79 Å². The maximum absolute atomic E-state index is 12.7. The Morgan fingerprint density at radius 2 is 1.92 bits per heavy atom. The van der Waals surface area contributed by atoms with Crippen molar-refractivity contribution in [1.29, 1.82) is 0 Å². The van der Waals surface area contributed by atoms with Gasteiger partial charge >= 0.3 is 0 Å². The van der Waals surface area contributed by atoms with Crippen molar-refractivity contribution in [2.45, 2.75) is 26.2 Å². The van der Waals surface area contributed by atoms with Crippen LogP contribution in [0.25, 0.3) is 11.3 Å². The molecule has 0 radical (unpaired) electrons. The lowest BCUT2D eigenvalue weighted by atomic mass is 9.78. The van der Waals surface area contributed by atoms with Gasteiger partial charge in [0.1, 0.15) is 5.69 Å². The molecule has 1 spiro atoms. The van der Waals surface area contributed by atoms with Gasteiger partial charge in [0.2, 0.25) is 5.76 Å². The van der Waals surface area contributed by atoms with E-state index in [9.17, 15) is 4.79 Å². The van der Waals surface area contributed by atoms with Crippen molar-refractivity contribution in [2.75, 3.05) is 26.2 Å². The Morgan fingerprint density at radius 3 is 2.56 bits per heavy atom. The van der Waals surface area contributed by atoms with Gasteiger partial charge in [0, 0.05) is 31.3 Å². The fourth-order valence-electron chi connectivity index (χ4n) is 3.80. The lowest BCUT2D eigenvalue weighted by Gasteiger charge is -2.38. The van der Waals surface area contributed by atoms with Crippen LogP contribution in [0.5, 0.6) is 0 Å². The maximum Gasteiger partial charge on any atom is 0.292 e. The van der Waals surface area contributed by atoms with E-state index in [0.29, 0.717) is 16.9 Å². The highest BCUT2D eigenvalue weighted by Crippen LogP contribution is 2.37. The summed E-state index contributed by atoms with van der Waals surface area (Å²) in [4.78, 5) is 14.6. The van der Waals surface area contributed by atoms with E-state index in [1.807, 2.05) is 36.1 Å². The van der Waals surface area contributed by atoms with Gasteiger partial charge in [-0.05, 0) is 38.1 Å². The number of halogens is 1. The standard InChI is InChI=1S/C19H23N3O2.ClH/c1-14-2-4-15(5-3-14)16-12-17(24-21-16)18(23)22-10-7-19(8-11-22)6-9-20-13-19;/h2-5,12,20H,6-11,13H2,1H3;1H. The summed E-state index contributed by atoms with van der Waals surface area (Å²) in [5, 5.41) is 7.52. The molecule has 134 valence electrons. The van der Waals surface area contributed by atoms with Gasteiger partial charge < -0.3 is 14.7 Å². The minimum atomic E-state index is -0.0401. The second-order valence-electron chi connectivity index (χ2n) is 7.16. The molecule has 0 unspecified atom stereocenters. The van der Waals surface area contributed by atoms with Gasteiger partial charge in [0.25, 0.3) is 5.91 Å². The average molecular weight is 362 g/mol. The Morgan fingerprint density at radius 1 is 1.20 bits per heavy atom. The number of likely N-dealkylation sites (tertiary alicyclic amines) is 1. The minimum absolute atomic E-state index is 0. The van der Waals surface area contributed by atoms with E-state index < -0.39 is 0 Å². The van der Waals surface area contributed by atoms with E-state index in [1.54, 1.807) is 6.07 Å². The van der Waals surface area contributed by atoms with Crippen LogP contribution in [0.3, 0.4) is 0 Å². The quantitative estimate of drug-likeness (QED) is 0.891. The predicted octanol–water partition coefficient (Wildman–Crippen LogP) is 3.29. The van der Waals surface area contributed by atoms with Crippen molar-refractivity contribution in [3.63, 3.8) is 0 Å². The molecule has 0 saturated carbocycles. The Kier molecular flexibility index (Phi) is 5.16. The van der Waals surface area contributed by atoms with Gasteiger partial charge in [-0.2, -0.15) is 0 Å². The topological polar surface area (TPSA) is 58.4 Å². The maximum atomic E-state index is 12.7. The molecule has 2 saturated heterocycles. The third-order valence-corrected chi connectivity index (χ3v) is 5.51. The van der Waals surface area contributed by atoms with Crippen LogP contribution in [0.4, 0.5) is 0 Å². The number of rotatable bonds is 2. The van der Waals surface area contributed by atoms with Crippen molar-refractivity contribution in [3.05, 3.63) is 41.7 Å². The van der Waals surface area contributed by atoms with Crippen LogP contribution in [0.1, 0.15) is 35.4 Å². The Labute approximate surface area is 154 Å². The molecule has 1 aromatic carbocycles. The van der Waals surface area contributed by atoms with Crippen LogP contribution >= 0.6 is 12.4 Å². The van der Waals surface area contributed by atoms with Crippen LogP contribution in [-0.2, 0) is 0 Å². The van der Waals surface area contributed by atoms with E-state index in [0.717, 1.165) is 44.6 Å². The van der Waals surface area contributed by atoms with Crippen LogP contribution < -0.4 is 5.32 Å². The highest BCUT2D eigenvalue weighted by Gasteiger charge is 2.38. The number of nitrogens with one attached hydrogen (secondary N) is 1. The lowest BCUT2D eigenvalue weighted by Crippen LogP contribution is -2.43. The third-order valence-electron chi connectivity index (χ3n) is 5.51. The molecule has 1 N–H and O–H groups in total. The van der Waals surface area contributed by atoms with Crippen molar-refractivity contribution in [3.8, 4) is 11.3 Å². The largest absolute Gasteiger partial charge is 0.350 e. The van der Waals surface area contributed by atoms with E-state index in [-0.39, 0.29) is 18.3 Å². The number of amides is 1. The fourth-order valence-corrected chi connectivity index (χ4v) is 3.80. The molecule has 0 atom stereocenters. The van der Waals surface area contributed by atoms with Crippen LogP contribution in [0.2, 0.25) is 0 Å². The van der Waals surface area contributed by atoms with E-state index in [4.69, 9.17) is 4.52 Å². The number of aryl methyl sites for hydroxylation is 1. The van der Waals surface area contributed by atoms with E-state index in [1.165, 1.54) is 12.0 Å². The summed E-state index contributed by atoms with van der Waals surface area (Å²) in [6, 6.07) is 9.82. The zero-order valence-electron chi connectivity index (χ0n) is 14.5. The molecule has 5 nitrogen and oxygen atoms in total. The molecule has 4 rings (SSSR count). The molecule has 25 heavy (non-hydrogen) atoms. The molecule has 1 amide bonds. The van der Waals surface area contributed by atoms with Gasteiger partial charge in [0.15, 0.2) is 0 Å². The van der Waals surface area contributed by atoms with Crippen molar-refractivity contribution < 1.29 is 9.32 Å². The van der Waals surface area contributed by atoms with E-state index in [2.05, 4.69) is 10.5 Å². The second kappa shape index (κ2) is 7.18. The number of aromatic nitrogens is 1. The summed E-state index contributed by atoms with van der Waals surface area (Å²) in [6.45, 7) is 5.86. The molecule has 2 aliphatic heterocycles. The molecule has 2 fully saturated rings. The molecule has 6 heteroatoms. The van der Waals surface area contributed by atoms with Gasteiger partial charge in [-0.15, -0.1) is 12.4 Å². The van der Waals surface area contributed by atoms with E-state index >= 15 is 0 Å². The first kappa shape index (κ1) is 18.0. The first-order chi connectivity index (χ1) is 11.7. The monoisotopic (exact) mass is 361 g/mol. The summed E-state index contributed by atoms with van der Waals surface area (Å²) in [5.41, 5.74) is 3.29. The third kappa shape index (κ3) is 3.58. The van der Waals surface area contributed by atoms with Gasteiger partial charge in [0.05, 0.1) is 0 Å². The number of piperidine rings is 1. The molecule has 2 aliphatic rings. The molecule has 1 aromatic heterocycles. The Bertz CT molecular complexity index is 725. The summed E-state index contributed by atoms with van der Waals surface area (Å²) >= 11 is 0. The first-order valence-corrected chi connectivity index (χ1v) is 8.69. The Balaban J connectivity index is 0.00000182. The molecule has 3 heterocycles. The molecule has 0 bridgehead atoms. The second-order valence-corrected chi connectivity index (χ2v) is 7.16. The SMILES string of the molecule is Cc1ccc(-c2cc(C(=O)N3CCC4(CCNC4)CC3)on2)cc1.Cl. The Hall–Kier alpha value is -1.85. The minimum Gasteiger partial charge on any atom is -0.350 e. The first-order valence-electron chi connectivity index (χ1n) is 8.69. The number of carbonyl (C=O) groups is 1. The summed E-state index contributed by atoms with van der Waals surface area (Å²) in [6.07, 6.45) is 3.38. The highest BCUT2D eigenvalue weighted by molar-refractivity contribution is 5.92. The lowest BCUT2D eigenvalue weighted by molar-refractivity contribution is 0.0568. The molecule has 0 aliphatic carbocycles. The predicted molar refractivity (Wildman–Crippen MR) is 99.0 cm³/mol. The average Bonchev–Trinajstić information content (AvgIpc) is 3.26. The van der Waals surface area contributed by atoms with Crippen molar-refractivity contribution >= 4 is 18.3 Å². The highest BCUT2D eigenvalue weighted by atomic mass is 35.5. The van der Waals surface area contributed by atoms with Crippen LogP contribution in [0, 0.1) is 12.3 Å². The zero-order chi connectivity index (χ0) is 16.6. The van der Waals surface area contributed by atoms with Crippen molar-refractivity contribution in [2.24, 2.45) is 5.41 Å². The summed E-state index contributed by atoms with van der Waals surface area (Å²) in [7, 11) is 0. The zero-order valence-corrected chi connectivity index (χ0v) is 15.3. The molecular formula is C19H24ClN3O2. The summed E-state index contributed by atoms with van der Waals surface area (Å²) < 4.78 is 5.33. The van der Waals surface area contributed by atoms with Crippen LogP contribution in [-0.4, -0.2) is 42.1 Å². The van der Waals surface area contributed by atoms with Crippen LogP contribution in [0.15, 0.2) is 34.9 Å². The van der Waals surface area contributed by atoms with Gasteiger partial charge in [-0.1, -0.05) is 35.0 Å². The smallest absolute Gasteiger partial charge is 0.292 e. The van der Waals surface area contributed by atoms with Gasteiger partial charge in [-0.25, -0.2) is 0 Å². The van der Waals surface area contributed by atoms with Crippen molar-refractivity contribution in [1.82, 2.24) is 15.4 Å². The summed E-state index contributed by atoms with van der Waals surface area (Å²) in [5.74, 6) is 0.299. The fraction of sp³-hybridized carbons (Fsp3) is 0.474. The number of nitrogens with zero attached hydrogens (tertiary/aromatic N) is 2. The number of carbonyl (C=O) groups excluding carboxylic acids is 1. The molecule has 2 aromatic rings. The number of benzene rings is 1.